The van der Waals surface area contributed by atoms with Gasteiger partial charge in [-0.2, -0.15) is 0 Å². The van der Waals surface area contributed by atoms with Crippen LogP contribution >= 0.6 is 0 Å². The van der Waals surface area contributed by atoms with Crippen molar-refractivity contribution < 1.29 is 14.6 Å². The Morgan fingerprint density at radius 2 is 2.11 bits per heavy atom. The molecule has 0 spiro atoms. The number of nitrogen functional groups attached to an aromatic ring is 1. The van der Waals surface area contributed by atoms with Gasteiger partial charge in [0.2, 0.25) is 0 Å². The summed E-state index contributed by atoms with van der Waals surface area (Å²) in [5.74, 6) is -0.197. The summed E-state index contributed by atoms with van der Waals surface area (Å²) in [6, 6.07) is 8.56. The first-order chi connectivity index (χ1) is 9.13. The Labute approximate surface area is 109 Å². The first kappa shape index (κ1) is 12.7. The lowest BCUT2D eigenvalue weighted by atomic mass is 10.2. The van der Waals surface area contributed by atoms with Crippen molar-refractivity contribution in [1.29, 1.82) is 0 Å². The maximum absolute atomic E-state index is 11.0. The van der Waals surface area contributed by atoms with Gasteiger partial charge in [0.15, 0.2) is 5.82 Å². The van der Waals surface area contributed by atoms with Crippen LogP contribution in [-0.4, -0.2) is 23.2 Å². The quantitative estimate of drug-likeness (QED) is 0.778. The Hall–Kier alpha value is -2.76. The van der Waals surface area contributed by atoms with E-state index in [0.29, 0.717) is 11.4 Å². The van der Waals surface area contributed by atoms with Crippen molar-refractivity contribution in [1.82, 2.24) is 4.98 Å². The van der Waals surface area contributed by atoms with E-state index in [4.69, 9.17) is 15.6 Å². The number of anilines is 3. The largest absolute Gasteiger partial charge is 0.495 e. The molecule has 19 heavy (non-hydrogen) atoms. The van der Waals surface area contributed by atoms with Crippen molar-refractivity contribution in [2.75, 3.05) is 18.2 Å². The molecule has 0 atom stereocenters. The highest BCUT2D eigenvalue weighted by Crippen LogP contribution is 2.29. The van der Waals surface area contributed by atoms with Crippen molar-refractivity contribution in [3.8, 4) is 5.75 Å². The third-order valence-corrected chi connectivity index (χ3v) is 2.58. The monoisotopic (exact) mass is 259 g/mol. The fourth-order valence-electron chi connectivity index (χ4n) is 1.63. The highest BCUT2D eigenvalue weighted by Gasteiger charge is 2.13. The Morgan fingerprint density at radius 1 is 1.37 bits per heavy atom. The van der Waals surface area contributed by atoms with E-state index in [1.54, 1.807) is 19.2 Å². The number of carboxylic acid groups (broad SMARTS) is 1. The van der Waals surface area contributed by atoms with Crippen molar-refractivity contribution in [3.05, 3.63) is 42.1 Å². The van der Waals surface area contributed by atoms with Gasteiger partial charge in [0.25, 0.3) is 0 Å². The molecule has 2 aromatic rings. The topological polar surface area (TPSA) is 97.5 Å². The summed E-state index contributed by atoms with van der Waals surface area (Å²) in [6.07, 6.45) is 1.39. The first-order valence-corrected chi connectivity index (χ1v) is 5.51. The van der Waals surface area contributed by atoms with Crippen LogP contribution in [0, 0.1) is 0 Å². The summed E-state index contributed by atoms with van der Waals surface area (Å²) in [7, 11) is 1.55. The second-order valence-corrected chi connectivity index (χ2v) is 3.75. The lowest BCUT2D eigenvalue weighted by molar-refractivity contribution is 0.0698. The normalized spacial score (nSPS) is 9.95. The molecule has 0 amide bonds. The van der Waals surface area contributed by atoms with E-state index < -0.39 is 5.97 Å². The van der Waals surface area contributed by atoms with Crippen LogP contribution in [-0.2, 0) is 0 Å². The number of nitrogens with one attached hydrogen (secondary N) is 1. The van der Waals surface area contributed by atoms with Crippen LogP contribution in [0.25, 0.3) is 0 Å². The number of hydrogen-bond acceptors (Lipinski definition) is 5. The Morgan fingerprint density at radius 3 is 2.79 bits per heavy atom. The average molecular weight is 259 g/mol. The number of nitrogens with zero attached hydrogens (tertiary/aromatic N) is 1. The molecule has 4 N–H and O–H groups in total. The van der Waals surface area contributed by atoms with Gasteiger partial charge in [-0.15, -0.1) is 0 Å². The fourth-order valence-corrected chi connectivity index (χ4v) is 1.63. The van der Waals surface area contributed by atoms with Gasteiger partial charge in [-0.25, -0.2) is 9.78 Å². The Balaban J connectivity index is 2.39. The van der Waals surface area contributed by atoms with Gasteiger partial charge in [0.1, 0.15) is 5.75 Å². The van der Waals surface area contributed by atoms with Crippen LogP contribution in [0.1, 0.15) is 10.4 Å². The second kappa shape index (κ2) is 5.26. The third kappa shape index (κ3) is 2.57. The molecule has 0 saturated carbocycles. The number of nitrogens with two attached hydrogens (primary N) is 1. The molecule has 0 aliphatic heterocycles. The van der Waals surface area contributed by atoms with Crippen LogP contribution in [0.2, 0.25) is 0 Å². The number of para-hydroxylation sites is 2. The molecule has 0 fully saturated rings. The summed E-state index contributed by atoms with van der Waals surface area (Å²) in [5, 5.41) is 12.0. The van der Waals surface area contributed by atoms with Crippen molar-refractivity contribution in [2.24, 2.45) is 0 Å². The number of pyridine rings is 1. The number of carboxylic acids is 1. The molecule has 6 heteroatoms. The van der Waals surface area contributed by atoms with Gasteiger partial charge in [-0.1, -0.05) is 12.1 Å². The second-order valence-electron chi connectivity index (χ2n) is 3.75. The van der Waals surface area contributed by atoms with Crippen molar-refractivity contribution >= 4 is 23.2 Å². The zero-order chi connectivity index (χ0) is 13.8. The third-order valence-electron chi connectivity index (χ3n) is 2.58. The van der Waals surface area contributed by atoms with Gasteiger partial charge >= 0.3 is 5.97 Å². The van der Waals surface area contributed by atoms with Crippen LogP contribution < -0.4 is 15.8 Å². The fraction of sp³-hybridized carbons (Fsp3) is 0.0769. The molecule has 6 nitrogen and oxygen atoms in total. The SMILES string of the molecule is COc1ccccc1Nc1nccc(C(=O)O)c1N. The lowest BCUT2D eigenvalue weighted by Crippen LogP contribution is -2.07. The Kier molecular flexibility index (Phi) is 3.51. The number of ether oxygens (including phenoxy) is 1. The van der Waals surface area contributed by atoms with E-state index in [1.165, 1.54) is 12.3 Å². The summed E-state index contributed by atoms with van der Waals surface area (Å²) >= 11 is 0. The van der Waals surface area contributed by atoms with E-state index >= 15 is 0 Å². The average Bonchev–Trinajstić information content (AvgIpc) is 2.41. The van der Waals surface area contributed by atoms with Crippen molar-refractivity contribution in [3.63, 3.8) is 0 Å². The molecular weight excluding hydrogens is 246 g/mol. The molecule has 0 aliphatic rings. The molecule has 0 unspecified atom stereocenters. The maximum Gasteiger partial charge on any atom is 0.337 e. The van der Waals surface area contributed by atoms with E-state index in [1.807, 2.05) is 12.1 Å². The van der Waals surface area contributed by atoms with Crippen LogP contribution in [0.15, 0.2) is 36.5 Å². The minimum atomic E-state index is -1.09. The smallest absolute Gasteiger partial charge is 0.337 e. The first-order valence-electron chi connectivity index (χ1n) is 5.51. The molecule has 1 heterocycles. The van der Waals surface area contributed by atoms with Crippen LogP contribution in [0.5, 0.6) is 5.75 Å². The molecule has 2 rings (SSSR count). The predicted molar refractivity (Wildman–Crippen MR) is 71.9 cm³/mol. The summed E-state index contributed by atoms with van der Waals surface area (Å²) in [6.45, 7) is 0. The number of methoxy groups -OCH3 is 1. The Bertz CT molecular complexity index is 614. The van der Waals surface area contributed by atoms with Gasteiger partial charge in [-0.05, 0) is 18.2 Å². The summed E-state index contributed by atoms with van der Waals surface area (Å²) < 4.78 is 5.19. The molecule has 0 saturated heterocycles. The van der Waals surface area contributed by atoms with E-state index in [0.717, 1.165) is 0 Å². The minimum Gasteiger partial charge on any atom is -0.495 e. The van der Waals surface area contributed by atoms with Gasteiger partial charge in [0.05, 0.1) is 24.0 Å². The molecule has 0 bridgehead atoms. The predicted octanol–water partition coefficient (Wildman–Crippen LogP) is 2.11. The number of benzene rings is 1. The highest BCUT2D eigenvalue weighted by atomic mass is 16.5. The standard InChI is InChI=1S/C13H13N3O3/c1-19-10-5-3-2-4-9(10)16-12-11(14)8(13(17)18)6-7-15-12/h2-7H,14H2,1H3,(H,15,16)(H,17,18). The van der Waals surface area contributed by atoms with Gasteiger partial charge in [0, 0.05) is 6.20 Å². The summed E-state index contributed by atoms with van der Waals surface area (Å²) in [5.41, 5.74) is 6.53. The van der Waals surface area contributed by atoms with Gasteiger partial charge in [-0.3, -0.25) is 0 Å². The number of carbonyl (C=O) groups is 1. The van der Waals surface area contributed by atoms with E-state index in [9.17, 15) is 4.79 Å². The van der Waals surface area contributed by atoms with Crippen molar-refractivity contribution in [2.45, 2.75) is 0 Å². The summed E-state index contributed by atoms with van der Waals surface area (Å²) in [4.78, 5) is 15.0. The molecular formula is C13H13N3O3. The minimum absolute atomic E-state index is 0.00685. The van der Waals surface area contributed by atoms with E-state index in [2.05, 4.69) is 10.3 Å². The number of aromatic carboxylic acids is 1. The van der Waals surface area contributed by atoms with E-state index in [-0.39, 0.29) is 17.1 Å². The number of rotatable bonds is 4. The molecule has 98 valence electrons. The zero-order valence-electron chi connectivity index (χ0n) is 10.3. The number of hydrogen-bond donors (Lipinski definition) is 3. The highest BCUT2D eigenvalue weighted by molar-refractivity contribution is 5.96. The lowest BCUT2D eigenvalue weighted by Gasteiger charge is -2.12. The molecule has 1 aromatic carbocycles. The molecule has 0 aliphatic carbocycles. The van der Waals surface area contributed by atoms with Crippen LogP contribution in [0.4, 0.5) is 17.2 Å². The number of aromatic nitrogens is 1. The molecule has 0 radical (unpaired) electrons. The zero-order valence-corrected chi connectivity index (χ0v) is 10.3. The molecule has 1 aromatic heterocycles. The maximum atomic E-state index is 11.0. The van der Waals surface area contributed by atoms with Gasteiger partial charge < -0.3 is 20.9 Å². The van der Waals surface area contributed by atoms with Crippen LogP contribution in [0.3, 0.4) is 0 Å².